The lowest BCUT2D eigenvalue weighted by Crippen LogP contribution is -2.43. The van der Waals surface area contributed by atoms with E-state index < -0.39 is 11.9 Å². The molecule has 112 valence electrons. The topological polar surface area (TPSA) is 69.0 Å². The van der Waals surface area contributed by atoms with Gasteiger partial charge in [-0.15, -0.1) is 0 Å². The highest BCUT2D eigenvalue weighted by molar-refractivity contribution is 5.77. The number of carbonyl (C=O) groups excluding carboxylic acids is 1. The first kappa shape index (κ1) is 15.1. The van der Waals surface area contributed by atoms with Gasteiger partial charge in [0.05, 0.1) is 5.56 Å². The van der Waals surface area contributed by atoms with Crippen molar-refractivity contribution in [1.82, 2.24) is 9.88 Å². The maximum absolute atomic E-state index is 12.7. The number of hydrogen-bond acceptors (Lipinski definition) is 4. The van der Waals surface area contributed by atoms with Crippen LogP contribution in [-0.2, 0) is 11.0 Å². The summed E-state index contributed by atoms with van der Waals surface area (Å²) in [7, 11) is 1.63. The second-order valence-corrected chi connectivity index (χ2v) is 4.86. The number of piperidine rings is 1. The molecule has 0 aliphatic carbocycles. The molecule has 1 aliphatic rings. The highest BCUT2D eigenvalue weighted by Crippen LogP contribution is 2.29. The molecule has 0 radical (unpaired) electrons. The van der Waals surface area contributed by atoms with Crippen LogP contribution in [0.15, 0.2) is 12.1 Å². The van der Waals surface area contributed by atoms with Crippen molar-refractivity contribution in [3.8, 4) is 6.07 Å². The predicted octanol–water partition coefficient (Wildman–Crippen LogP) is 2.00. The quantitative estimate of drug-likeness (QED) is 0.906. The van der Waals surface area contributed by atoms with Gasteiger partial charge in [-0.05, 0) is 18.6 Å². The first-order chi connectivity index (χ1) is 9.81. The fourth-order valence-corrected chi connectivity index (χ4v) is 2.14. The molecule has 21 heavy (non-hydrogen) atoms. The fraction of sp³-hybridized carbons (Fsp3) is 0.462. The molecule has 1 atom stereocenters. The Bertz CT molecular complexity index is 594. The summed E-state index contributed by atoms with van der Waals surface area (Å²) in [6.45, 7) is 0.363. The van der Waals surface area contributed by atoms with E-state index in [0.29, 0.717) is 19.4 Å². The number of nitrogens with one attached hydrogen (secondary N) is 1. The van der Waals surface area contributed by atoms with E-state index in [1.807, 2.05) is 6.07 Å². The van der Waals surface area contributed by atoms with E-state index in [2.05, 4.69) is 10.3 Å². The zero-order chi connectivity index (χ0) is 15.6. The molecule has 1 saturated heterocycles. The number of halogens is 3. The third-order valence-electron chi connectivity index (χ3n) is 3.27. The highest BCUT2D eigenvalue weighted by atomic mass is 19.4. The summed E-state index contributed by atoms with van der Waals surface area (Å²) in [5.41, 5.74) is -1.01. The molecular formula is C13H13F3N4O. The first-order valence-electron chi connectivity index (χ1n) is 6.30. The van der Waals surface area contributed by atoms with Crippen LogP contribution < -0.4 is 5.32 Å². The Morgan fingerprint density at radius 2 is 2.19 bits per heavy atom. The van der Waals surface area contributed by atoms with E-state index in [1.165, 1.54) is 4.90 Å². The van der Waals surface area contributed by atoms with Gasteiger partial charge >= 0.3 is 6.18 Å². The van der Waals surface area contributed by atoms with Gasteiger partial charge in [0.2, 0.25) is 5.91 Å². The van der Waals surface area contributed by atoms with Crippen LogP contribution >= 0.6 is 0 Å². The van der Waals surface area contributed by atoms with Crippen molar-refractivity contribution in [3.63, 3.8) is 0 Å². The molecule has 0 spiro atoms. The number of nitrogens with zero attached hydrogens (tertiary/aromatic N) is 3. The molecule has 2 rings (SSSR count). The van der Waals surface area contributed by atoms with Gasteiger partial charge in [0, 0.05) is 26.1 Å². The number of likely N-dealkylation sites (N-methyl/N-ethyl adjacent to an activating group) is 1. The van der Waals surface area contributed by atoms with E-state index in [0.717, 1.165) is 12.1 Å². The van der Waals surface area contributed by atoms with Crippen LogP contribution in [0, 0.1) is 11.3 Å². The molecule has 8 heteroatoms. The normalized spacial score (nSPS) is 19.3. The van der Waals surface area contributed by atoms with Gasteiger partial charge in [0.15, 0.2) is 0 Å². The van der Waals surface area contributed by atoms with Crippen LogP contribution in [0.4, 0.5) is 19.0 Å². The van der Waals surface area contributed by atoms with Crippen molar-refractivity contribution < 1.29 is 18.0 Å². The first-order valence-corrected chi connectivity index (χ1v) is 6.30. The van der Waals surface area contributed by atoms with E-state index >= 15 is 0 Å². The minimum Gasteiger partial charge on any atom is -0.364 e. The molecule has 0 aromatic carbocycles. The molecule has 2 heterocycles. The number of rotatable bonds is 2. The summed E-state index contributed by atoms with van der Waals surface area (Å²) in [5.74, 6) is -0.106. The lowest BCUT2D eigenvalue weighted by molar-refractivity contribution is -0.141. The minimum atomic E-state index is -4.57. The molecular weight excluding hydrogens is 285 g/mol. The Hall–Kier alpha value is -2.30. The van der Waals surface area contributed by atoms with Crippen LogP contribution in [0.2, 0.25) is 0 Å². The smallest absolute Gasteiger partial charge is 0.364 e. The van der Waals surface area contributed by atoms with Crippen molar-refractivity contribution in [2.45, 2.75) is 25.1 Å². The maximum atomic E-state index is 12.7. The van der Waals surface area contributed by atoms with Gasteiger partial charge in [0.25, 0.3) is 0 Å². The minimum absolute atomic E-state index is 0.00874. The predicted molar refractivity (Wildman–Crippen MR) is 68.2 cm³/mol. The van der Waals surface area contributed by atoms with Crippen LogP contribution in [-0.4, -0.2) is 35.4 Å². The molecule has 0 bridgehead atoms. The number of aromatic nitrogens is 1. The number of likely N-dealkylation sites (tertiary alicyclic amines) is 1. The van der Waals surface area contributed by atoms with Gasteiger partial charge in [-0.2, -0.15) is 18.4 Å². The second kappa shape index (κ2) is 5.60. The third kappa shape index (κ3) is 3.42. The Balaban J connectivity index is 2.22. The number of amides is 1. The molecule has 1 unspecified atom stereocenters. The summed E-state index contributed by atoms with van der Waals surface area (Å²) in [4.78, 5) is 16.4. The third-order valence-corrected chi connectivity index (χ3v) is 3.27. The Morgan fingerprint density at radius 1 is 1.48 bits per heavy atom. The average molecular weight is 298 g/mol. The van der Waals surface area contributed by atoms with Crippen molar-refractivity contribution in [2.24, 2.45) is 0 Å². The number of anilines is 1. The number of hydrogen-bond donors (Lipinski definition) is 1. The molecule has 1 aliphatic heterocycles. The molecule has 5 nitrogen and oxygen atoms in total. The zero-order valence-corrected chi connectivity index (χ0v) is 11.2. The summed E-state index contributed by atoms with van der Waals surface area (Å²) < 4.78 is 38.0. The zero-order valence-electron chi connectivity index (χ0n) is 11.2. The van der Waals surface area contributed by atoms with Crippen molar-refractivity contribution in [3.05, 3.63) is 23.4 Å². The standard InChI is InChI=1S/C13H13F3N4O/c1-20-7-9(3-5-11(20)21)18-12-8(6-17)2-4-10(19-12)13(14,15)16/h2,4,9H,3,5,7H2,1H3,(H,18,19). The fourth-order valence-electron chi connectivity index (χ4n) is 2.14. The van der Waals surface area contributed by atoms with Gasteiger partial charge in [0.1, 0.15) is 17.6 Å². The number of nitriles is 1. The van der Waals surface area contributed by atoms with Crippen LogP contribution in [0.5, 0.6) is 0 Å². The van der Waals surface area contributed by atoms with E-state index in [4.69, 9.17) is 5.26 Å². The molecule has 1 amide bonds. The van der Waals surface area contributed by atoms with E-state index in [-0.39, 0.29) is 23.3 Å². The lowest BCUT2D eigenvalue weighted by atomic mass is 10.1. The van der Waals surface area contributed by atoms with Crippen LogP contribution in [0.3, 0.4) is 0 Å². The van der Waals surface area contributed by atoms with Crippen molar-refractivity contribution in [2.75, 3.05) is 18.9 Å². The number of carbonyl (C=O) groups is 1. The van der Waals surface area contributed by atoms with Gasteiger partial charge in [-0.25, -0.2) is 4.98 Å². The Kier molecular flexibility index (Phi) is 4.02. The summed E-state index contributed by atoms with van der Waals surface area (Å²) in [6.07, 6.45) is -3.76. The van der Waals surface area contributed by atoms with E-state index in [1.54, 1.807) is 7.05 Å². The van der Waals surface area contributed by atoms with Gasteiger partial charge in [-0.1, -0.05) is 0 Å². The van der Waals surface area contributed by atoms with Gasteiger partial charge < -0.3 is 10.2 Å². The Labute approximate surface area is 119 Å². The molecule has 1 aromatic rings. The molecule has 1 aromatic heterocycles. The highest BCUT2D eigenvalue weighted by Gasteiger charge is 2.33. The van der Waals surface area contributed by atoms with Crippen molar-refractivity contribution in [1.29, 1.82) is 5.26 Å². The van der Waals surface area contributed by atoms with Crippen LogP contribution in [0.1, 0.15) is 24.1 Å². The molecule has 0 saturated carbocycles. The summed E-state index contributed by atoms with van der Waals surface area (Å²) in [6, 6.07) is 3.46. The summed E-state index contributed by atoms with van der Waals surface area (Å²) >= 11 is 0. The number of alkyl halides is 3. The Morgan fingerprint density at radius 3 is 2.76 bits per heavy atom. The molecule has 1 N–H and O–H groups in total. The van der Waals surface area contributed by atoms with Crippen molar-refractivity contribution >= 4 is 11.7 Å². The average Bonchev–Trinajstić information content (AvgIpc) is 2.42. The number of pyridine rings is 1. The maximum Gasteiger partial charge on any atom is 0.433 e. The largest absolute Gasteiger partial charge is 0.433 e. The lowest BCUT2D eigenvalue weighted by Gasteiger charge is -2.30. The van der Waals surface area contributed by atoms with Gasteiger partial charge in [-0.3, -0.25) is 4.79 Å². The molecule has 1 fully saturated rings. The second-order valence-electron chi connectivity index (χ2n) is 4.86. The SMILES string of the molecule is CN1CC(Nc2nc(C(F)(F)F)ccc2C#N)CCC1=O. The van der Waals surface area contributed by atoms with E-state index in [9.17, 15) is 18.0 Å². The van der Waals surface area contributed by atoms with Crippen LogP contribution in [0.25, 0.3) is 0 Å². The summed E-state index contributed by atoms with van der Waals surface area (Å²) in [5, 5.41) is 11.8. The monoisotopic (exact) mass is 298 g/mol.